The largest absolute Gasteiger partial charge is 0.507 e. The lowest BCUT2D eigenvalue weighted by atomic mass is 9.92. The molecule has 0 fully saturated rings. The molecule has 0 unspecified atom stereocenters. The van der Waals surface area contributed by atoms with Crippen molar-refractivity contribution in [1.29, 1.82) is 0 Å². The highest BCUT2D eigenvalue weighted by Gasteiger charge is 2.25. The number of anilines is 1. The predicted molar refractivity (Wildman–Crippen MR) is 128 cm³/mol. The van der Waals surface area contributed by atoms with Gasteiger partial charge in [0.25, 0.3) is 0 Å². The summed E-state index contributed by atoms with van der Waals surface area (Å²) >= 11 is 0. The molecular weight excluding hydrogens is 418 g/mol. The van der Waals surface area contributed by atoms with Gasteiger partial charge < -0.3 is 14.9 Å². The number of carboxylic acid groups (broad SMARTS) is 1. The summed E-state index contributed by atoms with van der Waals surface area (Å²) in [6.45, 7) is 1.77. The Morgan fingerprint density at radius 1 is 0.879 bits per heavy atom. The molecule has 0 aliphatic carbocycles. The molecule has 6 heteroatoms. The lowest BCUT2D eigenvalue weighted by Crippen LogP contribution is -2.21. The molecule has 4 rings (SSSR count). The van der Waals surface area contributed by atoms with Crippen LogP contribution in [0.3, 0.4) is 0 Å². The number of rotatable bonds is 6. The van der Waals surface area contributed by atoms with Crippen LogP contribution in [0.5, 0.6) is 5.75 Å². The molecule has 2 atom stereocenters. The van der Waals surface area contributed by atoms with E-state index in [0.29, 0.717) is 16.6 Å². The van der Waals surface area contributed by atoms with Gasteiger partial charge in [-0.15, -0.1) is 0 Å². The number of nitrogens with one attached hydrogen (secondary N) is 1. The lowest BCUT2D eigenvalue weighted by molar-refractivity contribution is -0.131. The molecule has 0 heterocycles. The van der Waals surface area contributed by atoms with Crippen molar-refractivity contribution >= 4 is 39.3 Å². The number of hydrogen-bond donors (Lipinski definition) is 3. The number of phenolic OH excluding ortho intramolecular Hbond substituents is 1. The van der Waals surface area contributed by atoms with Gasteiger partial charge in [0.1, 0.15) is 11.9 Å². The second-order valence-electron chi connectivity index (χ2n) is 7.75. The highest BCUT2D eigenvalue weighted by atomic mass is 16.6. The Bertz CT molecular complexity index is 1360. The summed E-state index contributed by atoms with van der Waals surface area (Å²) in [5.41, 5.74) is 1.28. The van der Waals surface area contributed by atoms with Crippen molar-refractivity contribution < 1.29 is 24.5 Å². The number of amides is 1. The van der Waals surface area contributed by atoms with E-state index in [4.69, 9.17) is 9.84 Å². The van der Waals surface area contributed by atoms with Crippen molar-refractivity contribution in [2.75, 3.05) is 5.32 Å². The van der Waals surface area contributed by atoms with E-state index in [2.05, 4.69) is 5.32 Å². The van der Waals surface area contributed by atoms with Gasteiger partial charge in [0, 0.05) is 28.3 Å². The minimum atomic E-state index is -1.09. The fraction of sp³-hybridized carbons (Fsp3) is 0.111. The fourth-order valence-electron chi connectivity index (χ4n) is 3.93. The van der Waals surface area contributed by atoms with E-state index in [1.165, 1.54) is 6.08 Å². The number of hydrogen-bond acceptors (Lipinski definition) is 4. The van der Waals surface area contributed by atoms with Crippen LogP contribution in [-0.2, 0) is 9.53 Å². The van der Waals surface area contributed by atoms with Gasteiger partial charge in [-0.05, 0) is 22.9 Å². The molecule has 0 aromatic heterocycles. The van der Waals surface area contributed by atoms with Crippen LogP contribution in [0.2, 0.25) is 0 Å². The Hall–Kier alpha value is -4.32. The van der Waals surface area contributed by atoms with Crippen molar-refractivity contribution in [1.82, 2.24) is 0 Å². The van der Waals surface area contributed by atoms with Crippen LogP contribution < -0.4 is 5.32 Å². The van der Waals surface area contributed by atoms with Gasteiger partial charge in [-0.1, -0.05) is 79.7 Å². The van der Waals surface area contributed by atoms with Crippen molar-refractivity contribution in [3.63, 3.8) is 0 Å². The van der Waals surface area contributed by atoms with Crippen molar-refractivity contribution in [2.45, 2.75) is 13.0 Å². The molecule has 4 aromatic carbocycles. The number of aromatic hydroxyl groups is 1. The van der Waals surface area contributed by atoms with E-state index in [-0.39, 0.29) is 5.75 Å². The Kier molecular flexibility index (Phi) is 6.26. The van der Waals surface area contributed by atoms with E-state index in [1.54, 1.807) is 31.2 Å². The van der Waals surface area contributed by atoms with Gasteiger partial charge in [0.05, 0.1) is 5.69 Å². The molecule has 0 bridgehead atoms. The van der Waals surface area contributed by atoms with Gasteiger partial charge in [-0.25, -0.2) is 9.59 Å². The van der Waals surface area contributed by atoms with Crippen LogP contribution in [0.1, 0.15) is 18.6 Å². The van der Waals surface area contributed by atoms with Crippen molar-refractivity contribution in [3.05, 3.63) is 96.6 Å². The quantitative estimate of drug-likeness (QED) is 0.307. The predicted octanol–water partition coefficient (Wildman–Crippen LogP) is 6.27. The second-order valence-corrected chi connectivity index (χ2v) is 7.75. The number of carboxylic acids is 1. The maximum Gasteiger partial charge on any atom is 0.412 e. The topological polar surface area (TPSA) is 95.9 Å². The van der Waals surface area contributed by atoms with Crippen molar-refractivity contribution in [3.8, 4) is 5.75 Å². The minimum Gasteiger partial charge on any atom is -0.507 e. The summed E-state index contributed by atoms with van der Waals surface area (Å²) in [5, 5.41) is 25.3. The smallest absolute Gasteiger partial charge is 0.412 e. The molecule has 0 saturated heterocycles. The molecule has 0 aliphatic heterocycles. The highest BCUT2D eigenvalue weighted by molar-refractivity contribution is 6.00. The zero-order chi connectivity index (χ0) is 23.4. The number of carbonyl (C=O) groups excluding carboxylic acids is 1. The summed E-state index contributed by atoms with van der Waals surface area (Å²) in [4.78, 5) is 24.0. The Morgan fingerprint density at radius 3 is 2.30 bits per heavy atom. The van der Waals surface area contributed by atoms with Crippen LogP contribution in [-0.4, -0.2) is 22.3 Å². The van der Waals surface area contributed by atoms with Gasteiger partial charge in [-0.3, -0.25) is 5.32 Å². The SMILES string of the molecule is C[C@@H](/C=C/C(=O)O)[C@H](OC(=O)Nc1cccc2ccccc12)c1ccc(O)c2ccccc12. The number of carbonyl (C=O) groups is 2. The molecule has 3 N–H and O–H groups in total. The first-order valence-corrected chi connectivity index (χ1v) is 10.5. The number of ether oxygens (including phenoxy) is 1. The van der Waals surface area contributed by atoms with E-state index >= 15 is 0 Å². The molecule has 1 amide bonds. The molecule has 33 heavy (non-hydrogen) atoms. The molecule has 0 aliphatic rings. The summed E-state index contributed by atoms with van der Waals surface area (Å²) in [6, 6.07) is 23.8. The lowest BCUT2D eigenvalue weighted by Gasteiger charge is -2.24. The first kappa shape index (κ1) is 21.9. The second kappa shape index (κ2) is 9.44. The average Bonchev–Trinajstić information content (AvgIpc) is 2.82. The fourth-order valence-corrected chi connectivity index (χ4v) is 3.93. The van der Waals surface area contributed by atoms with Gasteiger partial charge in [0.15, 0.2) is 0 Å². The number of phenols is 1. The number of benzene rings is 4. The minimum absolute atomic E-state index is 0.113. The van der Waals surface area contributed by atoms with E-state index in [0.717, 1.165) is 22.2 Å². The van der Waals surface area contributed by atoms with Gasteiger partial charge in [-0.2, -0.15) is 0 Å². The number of aliphatic carboxylic acids is 1. The Labute approximate surface area is 190 Å². The maximum atomic E-state index is 13.0. The Balaban J connectivity index is 1.69. The first-order valence-electron chi connectivity index (χ1n) is 10.5. The zero-order valence-electron chi connectivity index (χ0n) is 17.9. The third-order valence-corrected chi connectivity index (χ3v) is 5.52. The summed E-state index contributed by atoms with van der Waals surface area (Å²) in [7, 11) is 0. The van der Waals surface area contributed by atoms with E-state index < -0.39 is 24.1 Å². The normalized spacial score (nSPS) is 13.1. The summed E-state index contributed by atoms with van der Waals surface area (Å²) in [5.74, 6) is -1.43. The van der Waals surface area contributed by atoms with Crippen LogP contribution >= 0.6 is 0 Å². The molecule has 0 radical (unpaired) electrons. The van der Waals surface area contributed by atoms with Crippen LogP contribution in [0.15, 0.2) is 91.0 Å². The molecule has 0 spiro atoms. The maximum absolute atomic E-state index is 13.0. The standard InChI is InChI=1S/C27H23NO5/c1-17(13-16-25(30)31)26(22-14-15-24(29)21-11-5-4-10-20(21)22)33-27(32)28-23-12-6-8-18-7-2-3-9-19(18)23/h2-17,26,29H,1H3,(H,28,32)(H,30,31)/b16-13+/t17-,26-/m0/s1. The molecule has 166 valence electrons. The molecule has 0 saturated carbocycles. The van der Waals surface area contributed by atoms with Gasteiger partial charge >= 0.3 is 12.1 Å². The average molecular weight is 441 g/mol. The highest BCUT2D eigenvalue weighted by Crippen LogP contribution is 2.36. The van der Waals surface area contributed by atoms with E-state index in [9.17, 15) is 14.7 Å². The van der Waals surface area contributed by atoms with Gasteiger partial charge in [0.2, 0.25) is 0 Å². The van der Waals surface area contributed by atoms with E-state index in [1.807, 2.05) is 54.6 Å². The third-order valence-electron chi connectivity index (χ3n) is 5.52. The monoisotopic (exact) mass is 441 g/mol. The molecule has 6 nitrogen and oxygen atoms in total. The summed E-state index contributed by atoms with van der Waals surface area (Å²) < 4.78 is 5.86. The Morgan fingerprint density at radius 2 is 1.55 bits per heavy atom. The molecular formula is C27H23NO5. The third kappa shape index (κ3) is 4.80. The number of fused-ring (bicyclic) bond motifs is 2. The molecule has 4 aromatic rings. The zero-order valence-corrected chi connectivity index (χ0v) is 17.9. The van der Waals surface area contributed by atoms with Crippen LogP contribution in [0.25, 0.3) is 21.5 Å². The first-order chi connectivity index (χ1) is 15.9. The summed E-state index contributed by atoms with van der Waals surface area (Å²) in [6.07, 6.45) is 1.07. The van der Waals surface area contributed by atoms with Crippen LogP contribution in [0, 0.1) is 5.92 Å². The van der Waals surface area contributed by atoms with Crippen molar-refractivity contribution in [2.24, 2.45) is 5.92 Å². The van der Waals surface area contributed by atoms with Crippen LogP contribution in [0.4, 0.5) is 10.5 Å².